The van der Waals surface area contributed by atoms with Gasteiger partial charge >= 0.3 is 0 Å². The second-order valence-corrected chi connectivity index (χ2v) is 4.79. The minimum atomic E-state index is -0.410. The first-order valence-corrected chi connectivity index (χ1v) is 6.57. The average Bonchev–Trinajstić information content (AvgIpc) is 3.05. The molecule has 0 saturated carbocycles. The fraction of sp³-hybridized carbons (Fsp3) is 0. The first kappa shape index (κ1) is 12.5. The van der Waals surface area contributed by atoms with Gasteiger partial charge in [0.1, 0.15) is 5.82 Å². The molecule has 2 heterocycles. The SMILES string of the molecule is Oc1[nH]c2ccc(F)cc2c1N=Nc1nc2ccccc2[nH]1. The Morgan fingerprint density at radius 2 is 1.86 bits per heavy atom. The molecule has 0 spiro atoms. The molecule has 0 unspecified atom stereocenters. The first-order chi connectivity index (χ1) is 10.7. The highest BCUT2D eigenvalue weighted by molar-refractivity contribution is 5.94. The Hall–Kier alpha value is -3.22. The number of aromatic nitrogens is 3. The maximum atomic E-state index is 13.3. The summed E-state index contributed by atoms with van der Waals surface area (Å²) < 4.78 is 13.3. The Kier molecular flexibility index (Phi) is 2.65. The van der Waals surface area contributed by atoms with Gasteiger partial charge in [-0.3, -0.25) is 0 Å². The van der Waals surface area contributed by atoms with Gasteiger partial charge in [-0.05, 0) is 30.3 Å². The quantitative estimate of drug-likeness (QED) is 0.481. The summed E-state index contributed by atoms with van der Waals surface area (Å²) in [7, 11) is 0. The Morgan fingerprint density at radius 3 is 2.73 bits per heavy atom. The molecule has 108 valence electrons. The molecular weight excluding hydrogens is 285 g/mol. The van der Waals surface area contributed by atoms with Crippen LogP contribution in [0, 0.1) is 5.82 Å². The standard InChI is InChI=1S/C15H10FN5O/c16-8-5-6-10-9(7-8)13(14(22)17-10)20-21-15-18-11-3-1-2-4-12(11)19-15/h1-7,17,22H,(H,18,19). The van der Waals surface area contributed by atoms with Gasteiger partial charge in [0.15, 0.2) is 5.69 Å². The van der Waals surface area contributed by atoms with Crippen molar-refractivity contribution in [3.05, 3.63) is 48.3 Å². The summed E-state index contributed by atoms with van der Waals surface area (Å²) in [6.07, 6.45) is 0. The van der Waals surface area contributed by atoms with Crippen LogP contribution in [-0.4, -0.2) is 20.1 Å². The van der Waals surface area contributed by atoms with E-state index >= 15 is 0 Å². The van der Waals surface area contributed by atoms with Crippen LogP contribution in [-0.2, 0) is 0 Å². The van der Waals surface area contributed by atoms with Crippen molar-refractivity contribution in [1.29, 1.82) is 0 Å². The summed E-state index contributed by atoms with van der Waals surface area (Å²) in [6.45, 7) is 0. The molecule has 0 amide bonds. The number of H-pyrrole nitrogens is 2. The van der Waals surface area contributed by atoms with Gasteiger partial charge in [0.2, 0.25) is 11.8 Å². The van der Waals surface area contributed by atoms with Crippen LogP contribution in [0.2, 0.25) is 0 Å². The summed E-state index contributed by atoms with van der Waals surface area (Å²) >= 11 is 0. The minimum absolute atomic E-state index is 0.166. The molecule has 0 bridgehead atoms. The first-order valence-electron chi connectivity index (χ1n) is 6.57. The molecule has 4 aromatic rings. The van der Waals surface area contributed by atoms with Crippen molar-refractivity contribution < 1.29 is 9.50 Å². The van der Waals surface area contributed by atoms with Gasteiger partial charge in [0.05, 0.1) is 16.6 Å². The van der Waals surface area contributed by atoms with Gasteiger partial charge in [0, 0.05) is 5.39 Å². The number of aromatic hydroxyl groups is 1. The van der Waals surface area contributed by atoms with E-state index in [4.69, 9.17) is 0 Å². The lowest BCUT2D eigenvalue weighted by Gasteiger charge is -1.91. The molecule has 0 aliphatic carbocycles. The number of fused-ring (bicyclic) bond motifs is 2. The van der Waals surface area contributed by atoms with Crippen LogP contribution in [0.15, 0.2) is 52.7 Å². The molecular formula is C15H10FN5O. The van der Waals surface area contributed by atoms with E-state index in [2.05, 4.69) is 25.2 Å². The molecule has 2 aromatic heterocycles. The molecule has 7 heteroatoms. The number of hydrogen-bond donors (Lipinski definition) is 3. The number of halogens is 1. The number of nitrogens with one attached hydrogen (secondary N) is 2. The third kappa shape index (κ3) is 1.99. The second-order valence-electron chi connectivity index (χ2n) is 4.79. The molecule has 22 heavy (non-hydrogen) atoms. The lowest BCUT2D eigenvalue weighted by Crippen LogP contribution is -1.72. The third-order valence-electron chi connectivity index (χ3n) is 3.34. The Bertz CT molecular complexity index is 984. The van der Waals surface area contributed by atoms with E-state index < -0.39 is 5.82 Å². The highest BCUT2D eigenvalue weighted by Crippen LogP contribution is 2.36. The Labute approximate surface area is 123 Å². The number of imidazole rings is 1. The Morgan fingerprint density at radius 1 is 1.00 bits per heavy atom. The molecule has 0 atom stereocenters. The van der Waals surface area contributed by atoms with Crippen molar-refractivity contribution in [1.82, 2.24) is 15.0 Å². The van der Waals surface area contributed by atoms with Crippen molar-refractivity contribution in [3.8, 4) is 5.88 Å². The van der Waals surface area contributed by atoms with E-state index in [1.165, 1.54) is 18.2 Å². The summed E-state index contributed by atoms with van der Waals surface area (Å²) in [5.74, 6) is -0.265. The zero-order valence-electron chi connectivity index (χ0n) is 11.2. The lowest BCUT2D eigenvalue weighted by atomic mass is 10.2. The van der Waals surface area contributed by atoms with Crippen molar-refractivity contribution in [3.63, 3.8) is 0 Å². The van der Waals surface area contributed by atoms with Crippen LogP contribution in [0.1, 0.15) is 0 Å². The predicted molar refractivity (Wildman–Crippen MR) is 80.2 cm³/mol. The summed E-state index contributed by atoms with van der Waals surface area (Å²) in [4.78, 5) is 9.98. The van der Waals surface area contributed by atoms with Gasteiger partial charge in [-0.15, -0.1) is 10.2 Å². The van der Waals surface area contributed by atoms with E-state index in [-0.39, 0.29) is 11.6 Å². The van der Waals surface area contributed by atoms with Gasteiger partial charge in [-0.2, -0.15) is 0 Å². The average molecular weight is 295 g/mol. The molecule has 0 radical (unpaired) electrons. The molecule has 2 aromatic carbocycles. The van der Waals surface area contributed by atoms with Crippen molar-refractivity contribution >= 4 is 33.6 Å². The van der Waals surface area contributed by atoms with Crippen molar-refractivity contribution in [2.45, 2.75) is 0 Å². The molecule has 6 nitrogen and oxygen atoms in total. The van der Waals surface area contributed by atoms with Crippen LogP contribution in [0.3, 0.4) is 0 Å². The van der Waals surface area contributed by atoms with Crippen LogP contribution < -0.4 is 0 Å². The zero-order chi connectivity index (χ0) is 15.1. The molecule has 3 N–H and O–H groups in total. The second kappa shape index (κ2) is 4.66. The molecule has 0 aliphatic heterocycles. The monoisotopic (exact) mass is 295 g/mol. The molecule has 0 aliphatic rings. The number of para-hydroxylation sites is 2. The van der Waals surface area contributed by atoms with Gasteiger partial charge in [-0.1, -0.05) is 12.1 Å². The largest absolute Gasteiger partial charge is 0.493 e. The van der Waals surface area contributed by atoms with Crippen LogP contribution in [0.4, 0.5) is 16.0 Å². The van der Waals surface area contributed by atoms with Crippen LogP contribution in [0.25, 0.3) is 21.9 Å². The van der Waals surface area contributed by atoms with E-state index in [0.29, 0.717) is 16.9 Å². The minimum Gasteiger partial charge on any atom is -0.493 e. The number of hydrogen-bond acceptors (Lipinski definition) is 4. The van der Waals surface area contributed by atoms with Gasteiger partial charge < -0.3 is 15.1 Å². The normalized spacial score (nSPS) is 11.9. The van der Waals surface area contributed by atoms with Crippen molar-refractivity contribution in [2.24, 2.45) is 10.2 Å². The van der Waals surface area contributed by atoms with Crippen molar-refractivity contribution in [2.75, 3.05) is 0 Å². The molecule has 0 saturated heterocycles. The Balaban J connectivity index is 1.79. The van der Waals surface area contributed by atoms with Gasteiger partial charge in [0.25, 0.3) is 0 Å². The maximum absolute atomic E-state index is 13.3. The topological polar surface area (TPSA) is 89.4 Å². The van der Waals surface area contributed by atoms with E-state index in [0.717, 1.165) is 11.0 Å². The summed E-state index contributed by atoms with van der Waals surface area (Å²) in [5, 5.41) is 18.3. The number of azo groups is 1. The van der Waals surface area contributed by atoms with Gasteiger partial charge in [-0.25, -0.2) is 9.37 Å². The van der Waals surface area contributed by atoms with Crippen LogP contribution >= 0.6 is 0 Å². The summed E-state index contributed by atoms with van der Waals surface area (Å²) in [6, 6.07) is 11.6. The predicted octanol–water partition coefficient (Wildman–Crippen LogP) is 4.30. The van der Waals surface area contributed by atoms with Crippen LogP contribution in [0.5, 0.6) is 5.88 Å². The van der Waals surface area contributed by atoms with E-state index in [1.807, 2.05) is 24.3 Å². The fourth-order valence-electron chi connectivity index (χ4n) is 2.32. The fourth-order valence-corrected chi connectivity index (χ4v) is 2.32. The number of nitrogens with zero attached hydrogens (tertiary/aromatic N) is 3. The lowest BCUT2D eigenvalue weighted by molar-refractivity contribution is 0.459. The number of aromatic amines is 2. The zero-order valence-corrected chi connectivity index (χ0v) is 11.2. The molecule has 0 fully saturated rings. The maximum Gasteiger partial charge on any atom is 0.247 e. The molecule has 4 rings (SSSR count). The van der Waals surface area contributed by atoms with E-state index in [1.54, 1.807) is 0 Å². The number of benzene rings is 2. The highest BCUT2D eigenvalue weighted by Gasteiger charge is 2.11. The highest BCUT2D eigenvalue weighted by atomic mass is 19.1. The number of rotatable bonds is 2. The smallest absolute Gasteiger partial charge is 0.247 e. The summed E-state index contributed by atoms with van der Waals surface area (Å²) in [5.41, 5.74) is 2.36. The van der Waals surface area contributed by atoms with E-state index in [9.17, 15) is 9.50 Å². The third-order valence-corrected chi connectivity index (χ3v) is 3.34.